The van der Waals surface area contributed by atoms with Crippen molar-refractivity contribution in [3.05, 3.63) is 23.5 Å². The van der Waals surface area contributed by atoms with Crippen molar-refractivity contribution in [3.63, 3.8) is 0 Å². The molecule has 1 heterocycles. The van der Waals surface area contributed by atoms with E-state index in [9.17, 15) is 9.90 Å². The predicted molar refractivity (Wildman–Crippen MR) is 58.1 cm³/mol. The van der Waals surface area contributed by atoms with Crippen LogP contribution in [-0.2, 0) is 16.0 Å². The maximum atomic E-state index is 11.5. The highest BCUT2D eigenvalue weighted by Crippen LogP contribution is 2.34. The smallest absolute Gasteiger partial charge is 0.309 e. The summed E-state index contributed by atoms with van der Waals surface area (Å²) in [7, 11) is 1.41. The summed E-state index contributed by atoms with van der Waals surface area (Å²) >= 11 is 0. The van der Waals surface area contributed by atoms with Gasteiger partial charge in [-0.1, -0.05) is 6.92 Å². The summed E-state index contributed by atoms with van der Waals surface area (Å²) in [4.78, 5) is 15.7. The van der Waals surface area contributed by atoms with Crippen LogP contribution in [0.5, 0.6) is 5.75 Å². The molecular weight excluding hydrogens is 206 g/mol. The van der Waals surface area contributed by atoms with Gasteiger partial charge in [0.2, 0.25) is 0 Å². The van der Waals surface area contributed by atoms with Crippen LogP contribution in [-0.4, -0.2) is 23.2 Å². The van der Waals surface area contributed by atoms with Crippen molar-refractivity contribution >= 4 is 5.97 Å². The van der Waals surface area contributed by atoms with Crippen LogP contribution in [0, 0.1) is 5.92 Å². The summed E-state index contributed by atoms with van der Waals surface area (Å²) in [5, 5.41) is 9.38. The highest BCUT2D eigenvalue weighted by atomic mass is 16.5. The largest absolute Gasteiger partial charge is 0.506 e. The first-order valence-corrected chi connectivity index (χ1v) is 5.37. The average molecular weight is 221 g/mol. The molecule has 0 radical (unpaired) electrons. The zero-order chi connectivity index (χ0) is 11.7. The number of nitrogens with zero attached hydrogens (tertiary/aromatic N) is 1. The lowest BCUT2D eigenvalue weighted by Crippen LogP contribution is -2.26. The lowest BCUT2D eigenvalue weighted by molar-refractivity contribution is -0.146. The number of aromatic nitrogens is 1. The van der Waals surface area contributed by atoms with Crippen LogP contribution in [0.1, 0.15) is 30.5 Å². The van der Waals surface area contributed by atoms with E-state index in [-0.39, 0.29) is 23.6 Å². The van der Waals surface area contributed by atoms with Crippen LogP contribution in [0.4, 0.5) is 0 Å². The minimum atomic E-state index is -0.180. The fraction of sp³-hybridized carbons (Fsp3) is 0.500. The SMILES string of the molecule is COC(=O)C1Cc2cc(O)cnc2C(C)C1. The molecule has 0 aromatic carbocycles. The molecule has 0 aliphatic heterocycles. The Morgan fingerprint density at radius 2 is 2.38 bits per heavy atom. The number of carbonyl (C=O) groups is 1. The molecule has 0 fully saturated rings. The van der Waals surface area contributed by atoms with E-state index in [1.54, 1.807) is 6.07 Å². The van der Waals surface area contributed by atoms with Crippen molar-refractivity contribution < 1.29 is 14.6 Å². The van der Waals surface area contributed by atoms with Gasteiger partial charge in [-0.25, -0.2) is 0 Å². The zero-order valence-corrected chi connectivity index (χ0v) is 9.43. The van der Waals surface area contributed by atoms with Crippen molar-refractivity contribution in [2.45, 2.75) is 25.7 Å². The van der Waals surface area contributed by atoms with E-state index in [1.807, 2.05) is 6.92 Å². The highest BCUT2D eigenvalue weighted by Gasteiger charge is 2.30. The number of hydrogen-bond acceptors (Lipinski definition) is 4. The minimum Gasteiger partial charge on any atom is -0.506 e. The molecule has 0 saturated heterocycles. The van der Waals surface area contributed by atoms with E-state index < -0.39 is 0 Å². The van der Waals surface area contributed by atoms with Gasteiger partial charge in [-0.3, -0.25) is 9.78 Å². The van der Waals surface area contributed by atoms with E-state index >= 15 is 0 Å². The molecule has 0 amide bonds. The summed E-state index contributed by atoms with van der Waals surface area (Å²) in [6.45, 7) is 2.04. The molecule has 1 aromatic heterocycles. The molecule has 4 nitrogen and oxygen atoms in total. The molecule has 1 aliphatic carbocycles. The van der Waals surface area contributed by atoms with Crippen molar-refractivity contribution in [1.29, 1.82) is 0 Å². The number of fused-ring (bicyclic) bond motifs is 1. The quantitative estimate of drug-likeness (QED) is 0.732. The molecule has 4 heteroatoms. The van der Waals surface area contributed by atoms with Gasteiger partial charge in [0.05, 0.1) is 19.2 Å². The Kier molecular flexibility index (Phi) is 2.81. The number of methoxy groups -OCH3 is 1. The fourth-order valence-corrected chi connectivity index (χ4v) is 2.35. The fourth-order valence-electron chi connectivity index (χ4n) is 2.35. The number of esters is 1. The van der Waals surface area contributed by atoms with Gasteiger partial charge in [-0.2, -0.15) is 0 Å². The Balaban J connectivity index is 2.31. The second-order valence-electron chi connectivity index (χ2n) is 4.30. The zero-order valence-electron chi connectivity index (χ0n) is 9.43. The molecule has 1 N–H and O–H groups in total. The Morgan fingerprint density at radius 3 is 3.06 bits per heavy atom. The number of pyridine rings is 1. The van der Waals surface area contributed by atoms with E-state index in [0.29, 0.717) is 6.42 Å². The molecule has 1 aromatic rings. The molecule has 2 unspecified atom stereocenters. The van der Waals surface area contributed by atoms with Gasteiger partial charge >= 0.3 is 5.97 Å². The average Bonchev–Trinajstić information content (AvgIpc) is 2.27. The second-order valence-corrected chi connectivity index (χ2v) is 4.30. The van der Waals surface area contributed by atoms with Crippen molar-refractivity contribution in [2.75, 3.05) is 7.11 Å². The molecule has 2 rings (SSSR count). The first-order valence-electron chi connectivity index (χ1n) is 5.37. The Hall–Kier alpha value is -1.58. The number of carbonyl (C=O) groups excluding carboxylic acids is 1. The van der Waals surface area contributed by atoms with Crippen LogP contribution in [0.2, 0.25) is 0 Å². The third-order valence-corrected chi connectivity index (χ3v) is 3.09. The number of hydrogen-bond donors (Lipinski definition) is 1. The monoisotopic (exact) mass is 221 g/mol. The molecule has 2 atom stereocenters. The molecule has 1 aliphatic rings. The van der Waals surface area contributed by atoms with E-state index in [1.165, 1.54) is 13.3 Å². The highest BCUT2D eigenvalue weighted by molar-refractivity contribution is 5.73. The van der Waals surface area contributed by atoms with Gasteiger partial charge in [0.1, 0.15) is 5.75 Å². The van der Waals surface area contributed by atoms with Gasteiger partial charge in [0.15, 0.2) is 0 Å². The number of aromatic hydroxyl groups is 1. The summed E-state index contributed by atoms with van der Waals surface area (Å²) in [5.74, 6) is 0.0851. The molecule has 0 saturated carbocycles. The molecule has 0 bridgehead atoms. The lowest BCUT2D eigenvalue weighted by atomic mass is 9.80. The lowest BCUT2D eigenvalue weighted by Gasteiger charge is -2.26. The third-order valence-electron chi connectivity index (χ3n) is 3.09. The van der Waals surface area contributed by atoms with E-state index in [2.05, 4.69) is 4.98 Å². The van der Waals surface area contributed by atoms with Crippen molar-refractivity contribution in [2.24, 2.45) is 5.92 Å². The summed E-state index contributed by atoms with van der Waals surface area (Å²) in [6.07, 6.45) is 2.82. The minimum absolute atomic E-state index is 0.115. The van der Waals surface area contributed by atoms with Gasteiger partial charge < -0.3 is 9.84 Å². The van der Waals surface area contributed by atoms with Crippen molar-refractivity contribution in [1.82, 2.24) is 4.98 Å². The maximum absolute atomic E-state index is 11.5. The summed E-state index contributed by atoms with van der Waals surface area (Å²) in [5.41, 5.74) is 1.94. The molecule has 86 valence electrons. The van der Waals surface area contributed by atoms with Gasteiger partial charge in [0, 0.05) is 5.69 Å². The predicted octanol–water partition coefficient (Wildman–Crippen LogP) is 1.63. The molecule has 16 heavy (non-hydrogen) atoms. The van der Waals surface area contributed by atoms with Crippen LogP contribution in [0.15, 0.2) is 12.3 Å². The van der Waals surface area contributed by atoms with Gasteiger partial charge in [-0.05, 0) is 30.4 Å². The standard InChI is InChI=1S/C12H15NO3/c1-7-3-9(12(15)16-2)4-8-5-10(14)6-13-11(7)8/h5-7,9,14H,3-4H2,1-2H3. The van der Waals surface area contributed by atoms with E-state index in [4.69, 9.17) is 4.74 Å². The number of ether oxygens (including phenoxy) is 1. The van der Waals surface area contributed by atoms with Gasteiger partial charge in [0.25, 0.3) is 0 Å². The summed E-state index contributed by atoms with van der Waals surface area (Å²) < 4.78 is 4.76. The van der Waals surface area contributed by atoms with Crippen LogP contribution in [0.3, 0.4) is 0 Å². The Morgan fingerprint density at radius 1 is 1.62 bits per heavy atom. The van der Waals surface area contributed by atoms with Crippen molar-refractivity contribution in [3.8, 4) is 5.75 Å². The second kappa shape index (κ2) is 4.12. The number of rotatable bonds is 1. The van der Waals surface area contributed by atoms with Gasteiger partial charge in [-0.15, -0.1) is 0 Å². The molecular formula is C12H15NO3. The normalized spacial score (nSPS) is 23.6. The van der Waals surface area contributed by atoms with Crippen LogP contribution in [0.25, 0.3) is 0 Å². The topological polar surface area (TPSA) is 59.4 Å². The third kappa shape index (κ3) is 1.87. The molecule has 0 spiro atoms. The maximum Gasteiger partial charge on any atom is 0.309 e. The van der Waals surface area contributed by atoms with Crippen LogP contribution < -0.4 is 0 Å². The first kappa shape index (κ1) is 10.9. The summed E-state index contributed by atoms with van der Waals surface area (Å²) in [6, 6.07) is 1.69. The Labute approximate surface area is 94.3 Å². The van der Waals surface area contributed by atoms with Crippen LogP contribution >= 0.6 is 0 Å². The Bertz CT molecular complexity index is 417. The van der Waals surface area contributed by atoms with E-state index in [0.717, 1.165) is 17.7 Å². The first-order chi connectivity index (χ1) is 7.61.